The van der Waals surface area contributed by atoms with Gasteiger partial charge in [0.2, 0.25) is 5.91 Å². The van der Waals surface area contributed by atoms with Crippen LogP contribution in [0.2, 0.25) is 0 Å². The van der Waals surface area contributed by atoms with Crippen molar-refractivity contribution in [3.05, 3.63) is 70.8 Å². The Kier molecular flexibility index (Phi) is 4.71. The molecule has 0 unspecified atom stereocenters. The predicted molar refractivity (Wildman–Crippen MR) is 90.2 cm³/mol. The van der Waals surface area contributed by atoms with Crippen molar-refractivity contribution in [1.82, 2.24) is 0 Å². The summed E-state index contributed by atoms with van der Waals surface area (Å²) in [6.07, 6.45) is -0.426. The van der Waals surface area contributed by atoms with Crippen molar-refractivity contribution in [2.45, 2.75) is 13.0 Å². The molecule has 0 aliphatic carbocycles. The zero-order valence-corrected chi connectivity index (χ0v) is 13.8. The van der Waals surface area contributed by atoms with Crippen LogP contribution in [0.1, 0.15) is 17.5 Å². The molecular weight excluding hydrogens is 344 g/mol. The maximum absolute atomic E-state index is 14.0. The molecule has 0 spiro atoms. The van der Waals surface area contributed by atoms with Gasteiger partial charge in [-0.25, -0.2) is 13.6 Å². The first-order chi connectivity index (χ1) is 12.4. The highest BCUT2D eigenvalue weighted by molar-refractivity contribution is 6.09. The number of carbonyl (C=O) groups is 2. The van der Waals surface area contributed by atoms with Crippen LogP contribution < -0.4 is 4.90 Å². The summed E-state index contributed by atoms with van der Waals surface area (Å²) in [4.78, 5) is 25.8. The van der Waals surface area contributed by atoms with E-state index in [0.717, 1.165) is 25.3 Å². The first-order valence-electron chi connectivity index (χ1n) is 7.76. The first kappa shape index (κ1) is 17.6. The van der Waals surface area contributed by atoms with Gasteiger partial charge in [-0.3, -0.25) is 4.79 Å². The minimum Gasteiger partial charge on any atom is -0.507 e. The summed E-state index contributed by atoms with van der Waals surface area (Å²) in [7, 11) is 1.14. The Morgan fingerprint density at radius 3 is 2.69 bits per heavy atom. The SMILES string of the molecule is COC(=O)C1=C(O)c2ccccc2N(Cc2cc(F)ccc2F)C(=O)C1. The van der Waals surface area contributed by atoms with Gasteiger partial charge in [0.25, 0.3) is 0 Å². The number of hydrogen-bond acceptors (Lipinski definition) is 4. The molecule has 2 aromatic carbocycles. The zero-order chi connectivity index (χ0) is 18.8. The summed E-state index contributed by atoms with van der Waals surface area (Å²) in [5.74, 6) is -3.04. The number of carbonyl (C=O) groups excluding carboxylic acids is 2. The molecule has 0 fully saturated rings. The Morgan fingerprint density at radius 1 is 1.23 bits per heavy atom. The summed E-state index contributed by atoms with van der Waals surface area (Å²) in [5, 5.41) is 10.5. The van der Waals surface area contributed by atoms with Gasteiger partial charge in [0.15, 0.2) is 0 Å². The van der Waals surface area contributed by atoms with Crippen molar-refractivity contribution in [1.29, 1.82) is 0 Å². The second-order valence-electron chi connectivity index (χ2n) is 5.73. The number of rotatable bonds is 3. The van der Waals surface area contributed by atoms with Crippen molar-refractivity contribution >= 4 is 23.3 Å². The van der Waals surface area contributed by atoms with Gasteiger partial charge in [0.1, 0.15) is 17.4 Å². The normalized spacial score (nSPS) is 14.1. The molecule has 26 heavy (non-hydrogen) atoms. The lowest BCUT2D eigenvalue weighted by molar-refractivity contribution is -0.137. The van der Waals surface area contributed by atoms with E-state index in [1.807, 2.05) is 0 Å². The van der Waals surface area contributed by atoms with Crippen LogP contribution in [0.5, 0.6) is 0 Å². The van der Waals surface area contributed by atoms with Crippen molar-refractivity contribution < 1.29 is 28.2 Å². The smallest absolute Gasteiger partial charge is 0.338 e. The highest BCUT2D eigenvalue weighted by Crippen LogP contribution is 2.34. The third-order valence-electron chi connectivity index (χ3n) is 4.13. The fourth-order valence-electron chi connectivity index (χ4n) is 2.84. The highest BCUT2D eigenvalue weighted by Gasteiger charge is 2.31. The average molecular weight is 359 g/mol. The topological polar surface area (TPSA) is 66.8 Å². The molecule has 5 nitrogen and oxygen atoms in total. The molecule has 0 radical (unpaired) electrons. The van der Waals surface area contributed by atoms with Crippen LogP contribution in [-0.4, -0.2) is 24.1 Å². The van der Waals surface area contributed by atoms with Crippen LogP contribution in [0.4, 0.5) is 14.5 Å². The molecule has 2 aromatic rings. The monoisotopic (exact) mass is 359 g/mol. The maximum Gasteiger partial charge on any atom is 0.338 e. The second-order valence-corrected chi connectivity index (χ2v) is 5.73. The number of esters is 1. The summed E-state index contributed by atoms with van der Waals surface area (Å²) >= 11 is 0. The standard InChI is InChI=1S/C19H15F2NO4/c1-26-19(25)14-9-17(23)22(10-11-8-12(20)6-7-15(11)21)16-5-3-2-4-13(16)18(14)24/h2-8,24H,9-10H2,1H3. The Hall–Kier alpha value is -3.22. The van der Waals surface area contributed by atoms with Crippen LogP contribution in [-0.2, 0) is 20.9 Å². The van der Waals surface area contributed by atoms with Crippen molar-refractivity contribution in [3.8, 4) is 0 Å². The van der Waals surface area contributed by atoms with Crippen molar-refractivity contribution in [2.75, 3.05) is 12.0 Å². The van der Waals surface area contributed by atoms with E-state index >= 15 is 0 Å². The van der Waals surface area contributed by atoms with Crippen LogP contribution in [0.3, 0.4) is 0 Å². The molecule has 1 heterocycles. The summed E-state index contributed by atoms with van der Waals surface area (Å²) < 4.78 is 32.1. The van der Waals surface area contributed by atoms with Gasteiger partial charge >= 0.3 is 5.97 Å². The van der Waals surface area contributed by atoms with Crippen LogP contribution in [0.25, 0.3) is 5.76 Å². The van der Waals surface area contributed by atoms with Gasteiger partial charge in [-0.2, -0.15) is 0 Å². The van der Waals surface area contributed by atoms with E-state index in [1.165, 1.54) is 11.0 Å². The van der Waals surface area contributed by atoms with E-state index in [-0.39, 0.29) is 34.7 Å². The predicted octanol–water partition coefficient (Wildman–Crippen LogP) is 3.34. The molecule has 0 aromatic heterocycles. The number of hydrogen-bond donors (Lipinski definition) is 1. The molecular formula is C19H15F2NO4. The number of methoxy groups -OCH3 is 1. The third-order valence-corrected chi connectivity index (χ3v) is 4.13. The molecule has 0 saturated carbocycles. The second kappa shape index (κ2) is 6.95. The first-order valence-corrected chi connectivity index (χ1v) is 7.76. The largest absolute Gasteiger partial charge is 0.507 e. The van der Waals surface area contributed by atoms with Crippen molar-refractivity contribution in [3.63, 3.8) is 0 Å². The Morgan fingerprint density at radius 2 is 1.96 bits per heavy atom. The molecule has 1 amide bonds. The van der Waals surface area contributed by atoms with E-state index < -0.39 is 29.9 Å². The number of aliphatic hydroxyl groups is 1. The van der Waals surface area contributed by atoms with Gasteiger partial charge in [-0.1, -0.05) is 12.1 Å². The number of ether oxygens (including phenoxy) is 1. The fourth-order valence-corrected chi connectivity index (χ4v) is 2.84. The summed E-state index contributed by atoms with van der Waals surface area (Å²) in [5.41, 5.74) is 0.314. The van der Waals surface area contributed by atoms with Crippen molar-refractivity contribution in [2.24, 2.45) is 0 Å². The Balaban J connectivity index is 2.09. The third kappa shape index (κ3) is 3.15. The number of anilines is 1. The summed E-state index contributed by atoms with van der Waals surface area (Å²) in [6, 6.07) is 9.32. The number of nitrogens with zero attached hydrogens (tertiary/aromatic N) is 1. The number of amides is 1. The number of fused-ring (bicyclic) bond motifs is 1. The van der Waals surface area contributed by atoms with E-state index in [0.29, 0.717) is 0 Å². The number of para-hydroxylation sites is 1. The lowest BCUT2D eigenvalue weighted by atomic mass is 10.1. The minimum absolute atomic E-state index is 0.0193. The van der Waals surface area contributed by atoms with Gasteiger partial charge in [-0.15, -0.1) is 0 Å². The fraction of sp³-hybridized carbons (Fsp3) is 0.158. The molecule has 0 atom stereocenters. The maximum atomic E-state index is 14.0. The lowest BCUT2D eigenvalue weighted by Crippen LogP contribution is -2.31. The van der Waals surface area contributed by atoms with Crippen LogP contribution in [0, 0.1) is 11.6 Å². The number of halogens is 2. The number of aliphatic hydroxyl groups excluding tert-OH is 1. The van der Waals surface area contributed by atoms with E-state index in [1.54, 1.807) is 18.2 Å². The van der Waals surface area contributed by atoms with Gasteiger partial charge in [0, 0.05) is 11.1 Å². The molecule has 1 aliphatic rings. The van der Waals surface area contributed by atoms with E-state index in [4.69, 9.17) is 0 Å². The Labute approximate surface area is 148 Å². The lowest BCUT2D eigenvalue weighted by Gasteiger charge is -2.23. The minimum atomic E-state index is -0.829. The quantitative estimate of drug-likeness (QED) is 0.854. The van der Waals surface area contributed by atoms with Crippen LogP contribution in [0.15, 0.2) is 48.0 Å². The van der Waals surface area contributed by atoms with Gasteiger partial charge in [0.05, 0.1) is 31.3 Å². The van der Waals surface area contributed by atoms with Gasteiger partial charge < -0.3 is 14.7 Å². The molecule has 3 rings (SSSR count). The molecule has 0 bridgehead atoms. The average Bonchev–Trinajstić information content (AvgIpc) is 2.74. The van der Waals surface area contributed by atoms with Crippen LogP contribution >= 0.6 is 0 Å². The van der Waals surface area contributed by atoms with Gasteiger partial charge in [-0.05, 0) is 30.3 Å². The number of benzene rings is 2. The molecule has 1 N–H and O–H groups in total. The van der Waals surface area contributed by atoms with E-state index in [9.17, 15) is 23.5 Å². The summed E-state index contributed by atoms with van der Waals surface area (Å²) in [6.45, 7) is -0.249. The molecule has 0 saturated heterocycles. The molecule has 134 valence electrons. The highest BCUT2D eigenvalue weighted by atomic mass is 19.1. The molecule has 1 aliphatic heterocycles. The zero-order valence-electron chi connectivity index (χ0n) is 13.8. The Bertz CT molecular complexity index is 924. The van der Waals surface area contributed by atoms with E-state index in [2.05, 4.69) is 4.74 Å². The molecule has 7 heteroatoms.